The summed E-state index contributed by atoms with van der Waals surface area (Å²) < 4.78 is 26.0. The molecule has 0 amide bonds. The van der Waals surface area contributed by atoms with Gasteiger partial charge < -0.3 is 5.73 Å². The molecule has 0 atom stereocenters. The zero-order chi connectivity index (χ0) is 10.9. The van der Waals surface area contributed by atoms with E-state index in [9.17, 15) is 8.78 Å². The summed E-state index contributed by atoms with van der Waals surface area (Å²) in [6.45, 7) is 3.42. The number of alkyl halides is 2. The summed E-state index contributed by atoms with van der Waals surface area (Å²) in [5.74, 6) is 0. The Hall–Kier alpha value is -0.480. The summed E-state index contributed by atoms with van der Waals surface area (Å²) in [6.07, 6.45) is -2.49. The first kappa shape index (κ1) is 11.6. The van der Waals surface area contributed by atoms with Gasteiger partial charge in [0.25, 0.3) is 6.43 Å². The van der Waals surface area contributed by atoms with Crippen molar-refractivity contribution in [3.05, 3.63) is 33.8 Å². The molecule has 2 N–H and O–H groups in total. The fourth-order valence-corrected chi connectivity index (χ4v) is 1.64. The third-order valence-electron chi connectivity index (χ3n) is 1.94. The molecular weight excluding hydrogens is 252 g/mol. The number of hydrogen-bond acceptors (Lipinski definition) is 1. The monoisotopic (exact) mass is 263 g/mol. The van der Waals surface area contributed by atoms with Crippen LogP contribution < -0.4 is 5.73 Å². The van der Waals surface area contributed by atoms with Crippen LogP contribution in [0.1, 0.15) is 31.4 Å². The Labute approximate surface area is 90.4 Å². The third kappa shape index (κ3) is 2.51. The Balaban J connectivity index is 3.30. The molecular formula is C10H12BrF2N. The van der Waals surface area contributed by atoms with Crippen molar-refractivity contribution in [3.8, 4) is 0 Å². The van der Waals surface area contributed by atoms with E-state index in [4.69, 9.17) is 5.73 Å². The highest BCUT2D eigenvalue weighted by atomic mass is 79.9. The molecule has 0 aliphatic heterocycles. The second kappa shape index (κ2) is 3.95. The van der Waals surface area contributed by atoms with E-state index >= 15 is 0 Å². The topological polar surface area (TPSA) is 26.0 Å². The molecule has 0 bridgehead atoms. The van der Waals surface area contributed by atoms with Crippen molar-refractivity contribution in [1.29, 1.82) is 0 Å². The second-order valence-electron chi connectivity index (χ2n) is 3.75. The summed E-state index contributed by atoms with van der Waals surface area (Å²) >= 11 is 3.24. The van der Waals surface area contributed by atoms with Crippen LogP contribution in [0.15, 0.2) is 22.7 Å². The Bertz CT molecular complexity index is 331. The molecule has 0 spiro atoms. The van der Waals surface area contributed by atoms with E-state index in [1.165, 1.54) is 6.07 Å². The van der Waals surface area contributed by atoms with Gasteiger partial charge in [0, 0.05) is 15.6 Å². The Morgan fingerprint density at radius 2 is 1.93 bits per heavy atom. The van der Waals surface area contributed by atoms with Crippen LogP contribution in [0.2, 0.25) is 0 Å². The normalized spacial score (nSPS) is 12.2. The van der Waals surface area contributed by atoms with Gasteiger partial charge >= 0.3 is 0 Å². The smallest absolute Gasteiger partial charge is 0.264 e. The van der Waals surface area contributed by atoms with E-state index in [0.29, 0.717) is 5.56 Å². The standard InChI is InChI=1S/C10H12BrF2N/c1-10(2,14)8-5-6(11)3-4-7(8)9(12)13/h3-5,9H,14H2,1-2H3. The molecule has 0 fully saturated rings. The van der Waals surface area contributed by atoms with Gasteiger partial charge in [0.05, 0.1) is 0 Å². The van der Waals surface area contributed by atoms with Gasteiger partial charge in [-0.05, 0) is 31.5 Å². The fraction of sp³-hybridized carbons (Fsp3) is 0.400. The molecule has 0 aliphatic rings. The van der Waals surface area contributed by atoms with Crippen LogP contribution in [0.25, 0.3) is 0 Å². The van der Waals surface area contributed by atoms with Gasteiger partial charge in [0.1, 0.15) is 0 Å². The summed E-state index contributed by atoms with van der Waals surface area (Å²) in [4.78, 5) is 0. The first-order chi connectivity index (χ1) is 6.32. The van der Waals surface area contributed by atoms with Crippen LogP contribution in [0.3, 0.4) is 0 Å². The maximum Gasteiger partial charge on any atom is 0.264 e. The van der Waals surface area contributed by atoms with Gasteiger partial charge in [-0.3, -0.25) is 0 Å². The van der Waals surface area contributed by atoms with Crippen LogP contribution in [-0.2, 0) is 5.54 Å². The molecule has 4 heteroatoms. The molecule has 0 aromatic heterocycles. The molecule has 0 saturated heterocycles. The summed E-state index contributed by atoms with van der Waals surface area (Å²) in [6, 6.07) is 4.64. The maximum absolute atomic E-state index is 12.6. The molecule has 78 valence electrons. The van der Waals surface area contributed by atoms with E-state index in [0.717, 1.165) is 4.47 Å². The van der Waals surface area contributed by atoms with E-state index in [1.54, 1.807) is 26.0 Å². The van der Waals surface area contributed by atoms with Gasteiger partial charge in [-0.1, -0.05) is 22.0 Å². The van der Waals surface area contributed by atoms with E-state index < -0.39 is 12.0 Å². The largest absolute Gasteiger partial charge is 0.322 e. The van der Waals surface area contributed by atoms with Gasteiger partial charge in [-0.15, -0.1) is 0 Å². The maximum atomic E-state index is 12.6. The lowest BCUT2D eigenvalue weighted by molar-refractivity contribution is 0.148. The van der Waals surface area contributed by atoms with Crippen LogP contribution in [0.4, 0.5) is 8.78 Å². The third-order valence-corrected chi connectivity index (χ3v) is 2.44. The minimum atomic E-state index is -2.49. The molecule has 1 aromatic rings. The number of hydrogen-bond donors (Lipinski definition) is 1. The molecule has 0 aliphatic carbocycles. The quantitative estimate of drug-likeness (QED) is 0.868. The lowest BCUT2D eigenvalue weighted by Gasteiger charge is -2.22. The average Bonchev–Trinajstić information content (AvgIpc) is 2.01. The predicted octanol–water partition coefficient (Wildman–Crippen LogP) is 3.58. The van der Waals surface area contributed by atoms with Crippen molar-refractivity contribution in [2.24, 2.45) is 5.73 Å². The molecule has 0 heterocycles. The molecule has 1 nitrogen and oxygen atoms in total. The molecule has 0 radical (unpaired) electrons. The van der Waals surface area contributed by atoms with Crippen LogP contribution in [0.5, 0.6) is 0 Å². The Morgan fingerprint density at radius 3 is 2.36 bits per heavy atom. The predicted molar refractivity (Wildman–Crippen MR) is 56.3 cm³/mol. The first-order valence-electron chi connectivity index (χ1n) is 4.19. The number of halogens is 3. The highest BCUT2D eigenvalue weighted by molar-refractivity contribution is 9.10. The lowest BCUT2D eigenvalue weighted by Crippen LogP contribution is -2.30. The van der Waals surface area contributed by atoms with Crippen molar-refractivity contribution in [3.63, 3.8) is 0 Å². The van der Waals surface area contributed by atoms with E-state index in [1.807, 2.05) is 0 Å². The molecule has 0 saturated carbocycles. The number of rotatable bonds is 2. The molecule has 1 aromatic carbocycles. The van der Waals surface area contributed by atoms with E-state index in [2.05, 4.69) is 15.9 Å². The van der Waals surface area contributed by atoms with Crippen LogP contribution in [0, 0.1) is 0 Å². The Morgan fingerprint density at radius 1 is 1.36 bits per heavy atom. The van der Waals surface area contributed by atoms with Gasteiger partial charge in [0.15, 0.2) is 0 Å². The number of benzene rings is 1. The van der Waals surface area contributed by atoms with Crippen molar-refractivity contribution in [2.45, 2.75) is 25.8 Å². The summed E-state index contributed by atoms with van der Waals surface area (Å²) in [5, 5.41) is 0. The first-order valence-corrected chi connectivity index (χ1v) is 4.98. The summed E-state index contributed by atoms with van der Waals surface area (Å²) in [5.41, 5.74) is 5.53. The molecule has 0 unspecified atom stereocenters. The second-order valence-corrected chi connectivity index (χ2v) is 4.67. The number of nitrogens with two attached hydrogens (primary N) is 1. The lowest BCUT2D eigenvalue weighted by atomic mass is 9.91. The summed E-state index contributed by atoms with van der Waals surface area (Å²) in [7, 11) is 0. The van der Waals surface area contributed by atoms with Gasteiger partial charge in [-0.2, -0.15) is 0 Å². The molecule has 1 rings (SSSR count). The zero-order valence-corrected chi connectivity index (χ0v) is 9.61. The highest BCUT2D eigenvalue weighted by Crippen LogP contribution is 2.31. The zero-order valence-electron chi connectivity index (χ0n) is 8.02. The van der Waals surface area contributed by atoms with Crippen LogP contribution >= 0.6 is 15.9 Å². The van der Waals surface area contributed by atoms with Crippen LogP contribution in [-0.4, -0.2) is 0 Å². The van der Waals surface area contributed by atoms with E-state index in [-0.39, 0.29) is 5.56 Å². The van der Waals surface area contributed by atoms with Gasteiger partial charge in [-0.25, -0.2) is 8.78 Å². The van der Waals surface area contributed by atoms with Crippen molar-refractivity contribution in [2.75, 3.05) is 0 Å². The highest BCUT2D eigenvalue weighted by Gasteiger charge is 2.22. The fourth-order valence-electron chi connectivity index (χ4n) is 1.28. The molecule has 14 heavy (non-hydrogen) atoms. The minimum Gasteiger partial charge on any atom is -0.322 e. The van der Waals surface area contributed by atoms with Crippen molar-refractivity contribution in [1.82, 2.24) is 0 Å². The average molecular weight is 264 g/mol. The SMILES string of the molecule is CC(C)(N)c1cc(Br)ccc1C(F)F. The minimum absolute atomic E-state index is 0.000648. The van der Waals surface area contributed by atoms with Crippen molar-refractivity contribution < 1.29 is 8.78 Å². The van der Waals surface area contributed by atoms with Crippen molar-refractivity contribution >= 4 is 15.9 Å². The Kier molecular flexibility index (Phi) is 3.27. The van der Waals surface area contributed by atoms with Gasteiger partial charge in [0.2, 0.25) is 0 Å².